The zero-order chi connectivity index (χ0) is 14.7. The molecule has 114 valence electrons. The van der Waals surface area contributed by atoms with Crippen LogP contribution in [-0.4, -0.2) is 49.8 Å². The highest BCUT2D eigenvalue weighted by Crippen LogP contribution is 2.20. The van der Waals surface area contributed by atoms with Crippen molar-refractivity contribution >= 4 is 11.7 Å². The van der Waals surface area contributed by atoms with Crippen LogP contribution in [0.5, 0.6) is 0 Å². The lowest BCUT2D eigenvalue weighted by Crippen LogP contribution is -2.53. The number of rotatable bonds is 5. The van der Waals surface area contributed by atoms with Crippen LogP contribution in [0, 0.1) is 0 Å². The second kappa shape index (κ2) is 6.41. The Morgan fingerprint density at radius 1 is 1.48 bits per heavy atom. The molecule has 1 aromatic rings. The van der Waals surface area contributed by atoms with Gasteiger partial charge in [-0.25, -0.2) is 4.98 Å². The molecule has 6 heteroatoms. The number of aromatic nitrogens is 1. The number of nitrogens with zero attached hydrogens (tertiary/aromatic N) is 2. The molecule has 6 nitrogen and oxygen atoms in total. The second-order valence-electron chi connectivity index (χ2n) is 5.58. The number of ether oxygens (including phenoxy) is 1. The Kier molecular flexibility index (Phi) is 4.36. The maximum Gasteiger partial charge on any atom is 0.244 e. The molecule has 2 N–H and O–H groups in total. The maximum absolute atomic E-state index is 11.9. The molecule has 0 aromatic carbocycles. The third-order valence-electron chi connectivity index (χ3n) is 3.95. The molecule has 1 saturated heterocycles. The van der Waals surface area contributed by atoms with E-state index in [2.05, 4.69) is 21.7 Å². The van der Waals surface area contributed by atoms with Gasteiger partial charge >= 0.3 is 0 Å². The summed E-state index contributed by atoms with van der Waals surface area (Å²) in [6.07, 6.45) is 4.46. The van der Waals surface area contributed by atoms with Crippen molar-refractivity contribution in [2.75, 3.05) is 31.7 Å². The Labute approximate surface area is 124 Å². The van der Waals surface area contributed by atoms with Gasteiger partial charge in [0, 0.05) is 32.4 Å². The predicted octanol–water partition coefficient (Wildman–Crippen LogP) is 0.285. The highest BCUT2D eigenvalue weighted by atomic mass is 16.5. The Morgan fingerprint density at radius 2 is 2.33 bits per heavy atom. The number of hydrogen-bond donors (Lipinski definition) is 2. The van der Waals surface area contributed by atoms with Crippen molar-refractivity contribution in [3.63, 3.8) is 0 Å². The molecule has 0 radical (unpaired) electrons. The lowest BCUT2D eigenvalue weighted by atomic mass is 10.2. The molecule has 1 aromatic heterocycles. The summed E-state index contributed by atoms with van der Waals surface area (Å²) in [6, 6.07) is 4.47. The molecule has 3 rings (SSSR count). The number of pyridine rings is 1. The quantitative estimate of drug-likeness (QED) is 0.816. The van der Waals surface area contributed by atoms with E-state index in [1.807, 2.05) is 17.2 Å². The summed E-state index contributed by atoms with van der Waals surface area (Å²) in [5.41, 5.74) is 1.18. The molecule has 0 bridgehead atoms. The van der Waals surface area contributed by atoms with Crippen LogP contribution in [0.1, 0.15) is 18.4 Å². The Bertz CT molecular complexity index is 487. The van der Waals surface area contributed by atoms with Gasteiger partial charge in [-0.05, 0) is 24.5 Å². The van der Waals surface area contributed by atoms with Crippen LogP contribution in [0.25, 0.3) is 0 Å². The summed E-state index contributed by atoms with van der Waals surface area (Å²) < 4.78 is 5.41. The van der Waals surface area contributed by atoms with Gasteiger partial charge < -0.3 is 20.3 Å². The van der Waals surface area contributed by atoms with Crippen LogP contribution in [0.2, 0.25) is 0 Å². The third-order valence-corrected chi connectivity index (χ3v) is 3.95. The van der Waals surface area contributed by atoms with E-state index in [4.69, 9.17) is 4.74 Å². The van der Waals surface area contributed by atoms with E-state index in [1.54, 1.807) is 7.05 Å². The largest absolute Gasteiger partial charge is 0.377 e. The van der Waals surface area contributed by atoms with Crippen molar-refractivity contribution in [1.82, 2.24) is 15.6 Å². The second-order valence-corrected chi connectivity index (χ2v) is 5.58. The Balaban J connectivity index is 1.66. The van der Waals surface area contributed by atoms with Crippen molar-refractivity contribution in [3.05, 3.63) is 23.9 Å². The maximum atomic E-state index is 11.9. The van der Waals surface area contributed by atoms with E-state index < -0.39 is 0 Å². The van der Waals surface area contributed by atoms with Gasteiger partial charge in [-0.3, -0.25) is 4.79 Å². The number of carbonyl (C=O) groups is 1. The molecule has 0 spiro atoms. The number of morpholine rings is 1. The molecular formula is C15H22N4O2. The summed E-state index contributed by atoms with van der Waals surface area (Å²) in [5, 5.41) is 6.16. The smallest absolute Gasteiger partial charge is 0.244 e. The van der Waals surface area contributed by atoms with E-state index in [0.717, 1.165) is 12.4 Å². The molecule has 2 fully saturated rings. The van der Waals surface area contributed by atoms with Crippen LogP contribution in [0.15, 0.2) is 18.3 Å². The van der Waals surface area contributed by atoms with E-state index in [-0.39, 0.29) is 11.9 Å². The minimum absolute atomic E-state index is 0.0315. The normalized spacial score (nSPS) is 22.1. The van der Waals surface area contributed by atoms with Crippen LogP contribution in [-0.2, 0) is 16.1 Å². The fourth-order valence-electron chi connectivity index (χ4n) is 2.50. The first-order valence-corrected chi connectivity index (χ1v) is 7.52. The molecule has 1 unspecified atom stereocenters. The van der Waals surface area contributed by atoms with Gasteiger partial charge in [-0.15, -0.1) is 0 Å². The zero-order valence-corrected chi connectivity index (χ0v) is 12.3. The highest BCUT2D eigenvalue weighted by Gasteiger charge is 2.29. The number of anilines is 1. The predicted molar refractivity (Wildman–Crippen MR) is 80.1 cm³/mol. The van der Waals surface area contributed by atoms with Gasteiger partial charge in [-0.2, -0.15) is 0 Å². The molecule has 1 amide bonds. The monoisotopic (exact) mass is 290 g/mol. The Morgan fingerprint density at radius 3 is 3.00 bits per heavy atom. The van der Waals surface area contributed by atoms with Crippen molar-refractivity contribution < 1.29 is 9.53 Å². The van der Waals surface area contributed by atoms with Gasteiger partial charge in [0.2, 0.25) is 5.91 Å². The number of hydrogen-bond acceptors (Lipinski definition) is 5. The zero-order valence-electron chi connectivity index (χ0n) is 12.3. The first-order chi connectivity index (χ1) is 10.3. The fraction of sp³-hybridized carbons (Fsp3) is 0.600. The number of amides is 1. The van der Waals surface area contributed by atoms with Crippen molar-refractivity contribution in [1.29, 1.82) is 0 Å². The first-order valence-electron chi connectivity index (χ1n) is 7.52. The average Bonchev–Trinajstić information content (AvgIpc) is 3.37. The summed E-state index contributed by atoms with van der Waals surface area (Å²) in [6.45, 7) is 2.58. The Hall–Kier alpha value is -1.66. The summed E-state index contributed by atoms with van der Waals surface area (Å²) >= 11 is 0. The first kappa shape index (κ1) is 14.3. The molecular weight excluding hydrogens is 268 g/mol. The number of carbonyl (C=O) groups excluding carboxylic acids is 1. The van der Waals surface area contributed by atoms with Gasteiger partial charge in [0.1, 0.15) is 11.9 Å². The third kappa shape index (κ3) is 3.51. The van der Waals surface area contributed by atoms with E-state index in [0.29, 0.717) is 25.8 Å². The number of nitrogens with one attached hydrogen (secondary N) is 2. The summed E-state index contributed by atoms with van der Waals surface area (Å²) in [4.78, 5) is 18.5. The van der Waals surface area contributed by atoms with Crippen molar-refractivity contribution in [2.24, 2.45) is 0 Å². The molecule has 2 aliphatic rings. The molecule has 1 aliphatic carbocycles. The minimum atomic E-state index is -0.299. The molecule has 1 atom stereocenters. The van der Waals surface area contributed by atoms with Crippen LogP contribution in [0.3, 0.4) is 0 Å². The van der Waals surface area contributed by atoms with E-state index in [9.17, 15) is 4.79 Å². The van der Waals surface area contributed by atoms with Gasteiger partial charge in [0.05, 0.1) is 13.2 Å². The van der Waals surface area contributed by atoms with Gasteiger partial charge in [-0.1, -0.05) is 6.07 Å². The minimum Gasteiger partial charge on any atom is -0.377 e. The lowest BCUT2D eigenvalue weighted by Gasteiger charge is -2.35. The van der Waals surface area contributed by atoms with Crippen molar-refractivity contribution in [3.8, 4) is 0 Å². The van der Waals surface area contributed by atoms with E-state index in [1.165, 1.54) is 18.4 Å². The van der Waals surface area contributed by atoms with Gasteiger partial charge in [0.15, 0.2) is 0 Å². The van der Waals surface area contributed by atoms with Crippen LogP contribution >= 0.6 is 0 Å². The molecule has 1 saturated carbocycles. The van der Waals surface area contributed by atoms with Crippen molar-refractivity contribution in [2.45, 2.75) is 31.5 Å². The standard InChI is InChI=1S/C15H22N4O2/c1-16-15(20)13-10-21-7-6-19(13)14-5-2-11(9-18-14)8-17-12-3-4-12/h2,5,9,12-13,17H,3-4,6-8,10H2,1H3,(H,16,20). The summed E-state index contributed by atoms with van der Waals surface area (Å²) in [7, 11) is 1.65. The lowest BCUT2D eigenvalue weighted by molar-refractivity contribution is -0.124. The van der Waals surface area contributed by atoms with Gasteiger partial charge in [0.25, 0.3) is 0 Å². The molecule has 21 heavy (non-hydrogen) atoms. The topological polar surface area (TPSA) is 66.5 Å². The average molecular weight is 290 g/mol. The van der Waals surface area contributed by atoms with E-state index >= 15 is 0 Å². The van der Waals surface area contributed by atoms with Crippen LogP contribution < -0.4 is 15.5 Å². The molecule has 2 heterocycles. The SMILES string of the molecule is CNC(=O)C1COCCN1c1ccc(CNC2CC2)cn1. The van der Waals surface area contributed by atoms with Crippen LogP contribution in [0.4, 0.5) is 5.82 Å². The highest BCUT2D eigenvalue weighted by molar-refractivity contribution is 5.85. The fourth-order valence-corrected chi connectivity index (χ4v) is 2.50. The molecule has 1 aliphatic heterocycles. The number of likely N-dealkylation sites (N-methyl/N-ethyl adjacent to an activating group) is 1. The summed E-state index contributed by atoms with van der Waals surface area (Å²) in [5.74, 6) is 0.804.